The highest BCUT2D eigenvalue weighted by Crippen LogP contribution is 2.31. The van der Waals surface area contributed by atoms with Crippen molar-refractivity contribution in [2.75, 3.05) is 5.73 Å². The van der Waals surface area contributed by atoms with Crippen LogP contribution in [0, 0.1) is 0 Å². The molecule has 2 aromatic heterocycles. The van der Waals surface area contributed by atoms with Crippen molar-refractivity contribution in [3.05, 3.63) is 23.5 Å². The number of nitrogen functional groups attached to an aromatic ring is 1. The number of rotatable bonds is 1. The number of hydrogen-bond acceptors (Lipinski definition) is 3. The lowest BCUT2D eigenvalue weighted by Gasteiger charge is -2.10. The number of halogens is 3. The Balaban J connectivity index is 2.79. The van der Waals surface area contributed by atoms with Gasteiger partial charge in [-0.05, 0) is 5.92 Å². The standard InChI is InChI=1S/C10H11F3N4/c1-5(2)6-4-15-17-7(10(11,12)13)3-8(14)16-9(6)17/h3-5H,1-2H3,(H2,14,16). The van der Waals surface area contributed by atoms with E-state index in [1.54, 1.807) is 0 Å². The van der Waals surface area contributed by atoms with Crippen molar-refractivity contribution in [1.82, 2.24) is 14.6 Å². The van der Waals surface area contributed by atoms with Gasteiger partial charge in [0.05, 0.1) is 6.20 Å². The van der Waals surface area contributed by atoms with Gasteiger partial charge in [0, 0.05) is 11.6 Å². The fourth-order valence-electron chi connectivity index (χ4n) is 1.61. The van der Waals surface area contributed by atoms with Crippen molar-refractivity contribution >= 4 is 11.5 Å². The predicted molar refractivity (Wildman–Crippen MR) is 56.5 cm³/mol. The Morgan fingerprint density at radius 3 is 2.53 bits per heavy atom. The highest BCUT2D eigenvalue weighted by molar-refractivity contribution is 5.53. The van der Waals surface area contributed by atoms with Gasteiger partial charge >= 0.3 is 6.18 Å². The van der Waals surface area contributed by atoms with Crippen LogP contribution >= 0.6 is 0 Å². The summed E-state index contributed by atoms with van der Waals surface area (Å²) in [6.07, 6.45) is -3.11. The first kappa shape index (κ1) is 11.7. The van der Waals surface area contributed by atoms with E-state index >= 15 is 0 Å². The lowest BCUT2D eigenvalue weighted by atomic mass is 10.1. The fourth-order valence-corrected chi connectivity index (χ4v) is 1.61. The summed E-state index contributed by atoms with van der Waals surface area (Å²) in [6, 6.07) is 0.782. The van der Waals surface area contributed by atoms with Crippen molar-refractivity contribution in [2.24, 2.45) is 0 Å². The maximum atomic E-state index is 12.8. The second kappa shape index (κ2) is 3.61. The highest BCUT2D eigenvalue weighted by Gasteiger charge is 2.35. The zero-order valence-electron chi connectivity index (χ0n) is 9.28. The Kier molecular flexibility index (Phi) is 2.48. The summed E-state index contributed by atoms with van der Waals surface area (Å²) in [4.78, 5) is 3.91. The van der Waals surface area contributed by atoms with Gasteiger partial charge in [0.2, 0.25) is 0 Å². The molecule has 0 spiro atoms. The van der Waals surface area contributed by atoms with Crippen LogP contribution in [0.15, 0.2) is 12.3 Å². The largest absolute Gasteiger partial charge is 0.433 e. The van der Waals surface area contributed by atoms with E-state index in [2.05, 4.69) is 10.1 Å². The maximum absolute atomic E-state index is 12.8. The van der Waals surface area contributed by atoms with E-state index in [9.17, 15) is 13.2 Å². The van der Waals surface area contributed by atoms with Gasteiger partial charge in [-0.15, -0.1) is 0 Å². The molecule has 92 valence electrons. The first-order valence-electron chi connectivity index (χ1n) is 5.02. The molecule has 0 fully saturated rings. The average Bonchev–Trinajstić information content (AvgIpc) is 2.57. The van der Waals surface area contributed by atoms with Crippen LogP contribution < -0.4 is 5.73 Å². The van der Waals surface area contributed by atoms with Gasteiger partial charge in [0.15, 0.2) is 11.3 Å². The van der Waals surface area contributed by atoms with E-state index < -0.39 is 11.9 Å². The quantitative estimate of drug-likeness (QED) is 0.838. The van der Waals surface area contributed by atoms with Crippen molar-refractivity contribution < 1.29 is 13.2 Å². The molecule has 0 saturated heterocycles. The fraction of sp³-hybridized carbons (Fsp3) is 0.400. The molecule has 2 N–H and O–H groups in total. The van der Waals surface area contributed by atoms with Crippen LogP contribution in [0.1, 0.15) is 31.0 Å². The Labute approximate surface area is 95.3 Å². The van der Waals surface area contributed by atoms with Crippen LogP contribution in [0.4, 0.5) is 19.0 Å². The number of fused-ring (bicyclic) bond motifs is 1. The molecule has 2 rings (SSSR count). The number of aromatic nitrogens is 3. The minimum atomic E-state index is -4.50. The predicted octanol–water partition coefficient (Wildman–Crippen LogP) is 2.45. The van der Waals surface area contributed by atoms with E-state index in [0.29, 0.717) is 5.56 Å². The molecular weight excluding hydrogens is 233 g/mol. The average molecular weight is 244 g/mol. The molecule has 0 radical (unpaired) electrons. The minimum absolute atomic E-state index is 0.0304. The van der Waals surface area contributed by atoms with Crippen LogP contribution in [0.5, 0.6) is 0 Å². The number of nitrogens with zero attached hydrogens (tertiary/aromatic N) is 3. The molecule has 0 aliphatic carbocycles. The molecular formula is C10H11F3N4. The molecule has 0 amide bonds. The molecule has 0 aliphatic heterocycles. The third-order valence-corrected chi connectivity index (χ3v) is 2.43. The Bertz CT molecular complexity index is 556. The van der Waals surface area contributed by atoms with Gasteiger partial charge in [-0.2, -0.15) is 18.3 Å². The molecule has 0 aromatic carbocycles. The first-order valence-corrected chi connectivity index (χ1v) is 5.02. The summed E-state index contributed by atoms with van der Waals surface area (Å²) >= 11 is 0. The number of hydrogen-bond donors (Lipinski definition) is 1. The van der Waals surface area contributed by atoms with Gasteiger partial charge in [0.25, 0.3) is 0 Å². The van der Waals surface area contributed by atoms with Crippen molar-refractivity contribution in [2.45, 2.75) is 25.9 Å². The second-order valence-electron chi connectivity index (χ2n) is 4.05. The van der Waals surface area contributed by atoms with Crippen molar-refractivity contribution in [1.29, 1.82) is 0 Å². The molecule has 2 heterocycles. The smallest absolute Gasteiger partial charge is 0.384 e. The first-order chi connectivity index (χ1) is 7.80. The lowest BCUT2D eigenvalue weighted by Crippen LogP contribution is -2.14. The van der Waals surface area contributed by atoms with Gasteiger partial charge in [-0.1, -0.05) is 13.8 Å². The van der Waals surface area contributed by atoms with E-state index in [0.717, 1.165) is 10.6 Å². The lowest BCUT2D eigenvalue weighted by molar-refractivity contribution is -0.142. The van der Waals surface area contributed by atoms with Crippen LogP contribution in [-0.4, -0.2) is 14.6 Å². The van der Waals surface area contributed by atoms with Crippen LogP contribution in [0.2, 0.25) is 0 Å². The summed E-state index contributed by atoms with van der Waals surface area (Å²) < 4.78 is 39.1. The van der Waals surface area contributed by atoms with Crippen molar-refractivity contribution in [3.8, 4) is 0 Å². The third-order valence-electron chi connectivity index (χ3n) is 2.43. The van der Waals surface area contributed by atoms with E-state index in [1.165, 1.54) is 6.20 Å². The molecule has 4 nitrogen and oxygen atoms in total. The van der Waals surface area contributed by atoms with Crippen molar-refractivity contribution in [3.63, 3.8) is 0 Å². The number of nitrogens with two attached hydrogens (primary N) is 1. The topological polar surface area (TPSA) is 56.2 Å². The summed E-state index contributed by atoms with van der Waals surface area (Å²) in [6.45, 7) is 3.71. The second-order valence-corrected chi connectivity index (χ2v) is 4.05. The van der Waals surface area contributed by atoms with Gasteiger partial charge in [-0.3, -0.25) is 0 Å². The summed E-state index contributed by atoms with van der Waals surface area (Å²) in [5.74, 6) is -0.130. The monoisotopic (exact) mass is 244 g/mol. The van der Waals surface area contributed by atoms with E-state index in [1.807, 2.05) is 13.8 Å². The van der Waals surface area contributed by atoms with Gasteiger partial charge in [0.1, 0.15) is 5.82 Å². The minimum Gasteiger partial charge on any atom is -0.384 e. The molecule has 17 heavy (non-hydrogen) atoms. The van der Waals surface area contributed by atoms with E-state index in [4.69, 9.17) is 5.73 Å². The Morgan fingerprint density at radius 2 is 2.00 bits per heavy atom. The molecule has 0 atom stereocenters. The normalized spacial score (nSPS) is 12.6. The van der Waals surface area contributed by atoms with Gasteiger partial charge < -0.3 is 5.73 Å². The summed E-state index contributed by atoms with van der Waals surface area (Å²) in [5, 5.41) is 3.73. The van der Waals surface area contributed by atoms with Gasteiger partial charge in [-0.25, -0.2) is 9.50 Å². The van der Waals surface area contributed by atoms with Crippen LogP contribution in [0.3, 0.4) is 0 Å². The Hall–Kier alpha value is -1.79. The third kappa shape index (κ3) is 1.92. The van der Waals surface area contributed by atoms with Crippen LogP contribution in [0.25, 0.3) is 5.65 Å². The highest BCUT2D eigenvalue weighted by atomic mass is 19.4. The SMILES string of the molecule is CC(C)c1cnn2c(C(F)(F)F)cc(N)nc12. The maximum Gasteiger partial charge on any atom is 0.433 e. The summed E-state index contributed by atoms with van der Waals surface area (Å²) in [7, 11) is 0. The molecule has 0 unspecified atom stereocenters. The number of alkyl halides is 3. The molecule has 7 heteroatoms. The Morgan fingerprint density at radius 1 is 1.35 bits per heavy atom. The molecule has 0 saturated carbocycles. The molecule has 0 aliphatic rings. The summed E-state index contributed by atoms with van der Waals surface area (Å²) in [5.41, 5.74) is 5.29. The van der Waals surface area contributed by atoms with Crippen LogP contribution in [-0.2, 0) is 6.18 Å². The van der Waals surface area contributed by atoms with E-state index in [-0.39, 0.29) is 17.4 Å². The molecule has 2 aromatic rings. The molecule has 0 bridgehead atoms. The zero-order valence-corrected chi connectivity index (χ0v) is 9.28. The number of anilines is 1. The zero-order chi connectivity index (χ0) is 12.8.